The van der Waals surface area contributed by atoms with Gasteiger partial charge in [0.2, 0.25) is 0 Å². The van der Waals surface area contributed by atoms with E-state index in [1.54, 1.807) is 5.57 Å². The molecule has 0 bridgehead atoms. The number of ketones is 1. The molecule has 0 heterocycles. The Balaban J connectivity index is 1.68. The average molecular weight is 331 g/mol. The molecule has 4 rings (SSSR count). The maximum absolute atomic E-state index is 12.4. The lowest BCUT2D eigenvalue weighted by Gasteiger charge is -2.57. The number of aliphatic hydroxyl groups excluding tert-OH is 1. The van der Waals surface area contributed by atoms with Crippen LogP contribution in [0.2, 0.25) is 0 Å². The van der Waals surface area contributed by atoms with E-state index in [1.807, 2.05) is 6.92 Å². The highest BCUT2D eigenvalue weighted by atomic mass is 16.3. The summed E-state index contributed by atoms with van der Waals surface area (Å²) in [4.78, 5) is 12.4. The zero-order chi connectivity index (χ0) is 17.3. The van der Waals surface area contributed by atoms with Gasteiger partial charge in [-0.3, -0.25) is 4.79 Å². The molecule has 4 aliphatic carbocycles. The van der Waals surface area contributed by atoms with Crippen LogP contribution in [0.1, 0.15) is 72.6 Å². The van der Waals surface area contributed by atoms with Crippen LogP contribution >= 0.6 is 0 Å². The van der Waals surface area contributed by atoms with Crippen molar-refractivity contribution in [2.75, 3.05) is 0 Å². The second-order valence-corrected chi connectivity index (χ2v) is 10.0. The van der Waals surface area contributed by atoms with Crippen LogP contribution < -0.4 is 0 Å². The van der Waals surface area contributed by atoms with E-state index < -0.39 is 0 Å². The largest absolute Gasteiger partial charge is 0.393 e. The summed E-state index contributed by atoms with van der Waals surface area (Å²) < 4.78 is 0. The average Bonchev–Trinajstić information content (AvgIpc) is 2.78. The van der Waals surface area contributed by atoms with Gasteiger partial charge in [0, 0.05) is 5.92 Å². The van der Waals surface area contributed by atoms with Crippen LogP contribution in [-0.2, 0) is 4.79 Å². The zero-order valence-electron chi connectivity index (χ0n) is 15.8. The molecular weight excluding hydrogens is 296 g/mol. The molecule has 2 nitrogen and oxygen atoms in total. The molecule has 134 valence electrons. The molecule has 1 N–H and O–H groups in total. The minimum atomic E-state index is -0.122. The van der Waals surface area contributed by atoms with Crippen molar-refractivity contribution in [3.63, 3.8) is 0 Å². The second kappa shape index (κ2) is 5.43. The number of allylic oxidation sites excluding steroid dienone is 1. The Morgan fingerprint density at radius 1 is 1.21 bits per heavy atom. The predicted octanol–water partition coefficient (Wildman–Crippen LogP) is 4.76. The molecule has 0 spiro atoms. The van der Waals surface area contributed by atoms with E-state index in [1.165, 1.54) is 25.7 Å². The summed E-state index contributed by atoms with van der Waals surface area (Å²) in [5.74, 6) is 3.46. The lowest BCUT2D eigenvalue weighted by molar-refractivity contribution is -0.128. The summed E-state index contributed by atoms with van der Waals surface area (Å²) in [6.07, 6.45) is 10.3. The summed E-state index contributed by atoms with van der Waals surface area (Å²) in [6.45, 7) is 9.04. The number of aliphatic hydroxyl groups is 1. The van der Waals surface area contributed by atoms with Crippen LogP contribution in [0.15, 0.2) is 11.6 Å². The fourth-order valence-electron chi connectivity index (χ4n) is 7.87. The standard InChI is InChI=1S/C22H34O2/c1-13-11-19-17-6-5-15-12-16(24)7-9-21(15,3)18(17)8-10-22(19,4)20(13)14(2)23/h5,13,16-20,24H,6-12H2,1-4H3/t13-,16-,17-,18+,19+,20-,21+,22+/m1/s1. The summed E-state index contributed by atoms with van der Waals surface area (Å²) >= 11 is 0. The van der Waals surface area contributed by atoms with Crippen molar-refractivity contribution in [1.29, 1.82) is 0 Å². The quantitative estimate of drug-likeness (QED) is 0.704. The molecule has 8 atom stereocenters. The maximum atomic E-state index is 12.4. The number of rotatable bonds is 1. The molecule has 0 saturated heterocycles. The van der Waals surface area contributed by atoms with E-state index >= 15 is 0 Å². The second-order valence-electron chi connectivity index (χ2n) is 10.0. The van der Waals surface area contributed by atoms with Gasteiger partial charge in [-0.1, -0.05) is 32.4 Å². The number of Topliss-reactive ketones (excluding diaryl/α,β-unsaturated/α-hetero) is 1. The van der Waals surface area contributed by atoms with Crippen LogP contribution in [0.5, 0.6) is 0 Å². The molecule has 0 aliphatic heterocycles. The van der Waals surface area contributed by atoms with Crippen molar-refractivity contribution in [1.82, 2.24) is 0 Å². The molecule has 0 aromatic heterocycles. The lowest BCUT2D eigenvalue weighted by Crippen LogP contribution is -2.51. The molecule has 0 radical (unpaired) electrons. The Hall–Kier alpha value is -0.630. The highest BCUT2D eigenvalue weighted by Gasteiger charge is 2.61. The zero-order valence-corrected chi connectivity index (χ0v) is 15.8. The molecule has 3 saturated carbocycles. The minimum Gasteiger partial charge on any atom is -0.393 e. The Kier molecular flexibility index (Phi) is 3.81. The highest BCUT2D eigenvalue weighted by Crippen LogP contribution is 2.67. The molecule has 4 aliphatic rings. The predicted molar refractivity (Wildman–Crippen MR) is 96.4 cm³/mol. The first-order valence-electron chi connectivity index (χ1n) is 10.2. The smallest absolute Gasteiger partial charge is 0.133 e. The molecule has 24 heavy (non-hydrogen) atoms. The summed E-state index contributed by atoms with van der Waals surface area (Å²) in [7, 11) is 0. The SMILES string of the molecule is CC(=O)[C@H]1[C@H](C)C[C@H]2[C@@H]3CC=C4C[C@H](O)CC[C@]4(C)[C@H]3CC[C@@]21C. The molecule has 0 aromatic carbocycles. The van der Waals surface area contributed by atoms with Crippen molar-refractivity contribution < 1.29 is 9.90 Å². The van der Waals surface area contributed by atoms with Gasteiger partial charge in [-0.25, -0.2) is 0 Å². The van der Waals surface area contributed by atoms with E-state index in [0.717, 1.165) is 31.1 Å². The van der Waals surface area contributed by atoms with Crippen molar-refractivity contribution in [2.24, 2.45) is 40.4 Å². The number of carbonyl (C=O) groups is 1. The van der Waals surface area contributed by atoms with Crippen LogP contribution in [0, 0.1) is 40.4 Å². The van der Waals surface area contributed by atoms with E-state index in [2.05, 4.69) is 26.8 Å². The van der Waals surface area contributed by atoms with Gasteiger partial charge in [0.05, 0.1) is 6.10 Å². The van der Waals surface area contributed by atoms with Crippen molar-refractivity contribution in [3.05, 3.63) is 11.6 Å². The summed E-state index contributed by atoms with van der Waals surface area (Å²) in [5, 5.41) is 10.1. The maximum Gasteiger partial charge on any atom is 0.133 e. The summed E-state index contributed by atoms with van der Waals surface area (Å²) in [6, 6.07) is 0. The van der Waals surface area contributed by atoms with Crippen molar-refractivity contribution in [3.8, 4) is 0 Å². The van der Waals surface area contributed by atoms with E-state index in [9.17, 15) is 9.90 Å². The molecule has 3 fully saturated rings. The number of fused-ring (bicyclic) bond motifs is 5. The van der Waals surface area contributed by atoms with Gasteiger partial charge in [-0.2, -0.15) is 0 Å². The van der Waals surface area contributed by atoms with Crippen molar-refractivity contribution >= 4 is 5.78 Å². The molecular formula is C22H34O2. The topological polar surface area (TPSA) is 37.3 Å². The first kappa shape index (κ1) is 16.8. The lowest BCUT2D eigenvalue weighted by atomic mass is 9.47. The Bertz CT molecular complexity index is 579. The first-order chi connectivity index (χ1) is 11.3. The Morgan fingerprint density at radius 2 is 1.96 bits per heavy atom. The summed E-state index contributed by atoms with van der Waals surface area (Å²) in [5.41, 5.74) is 2.07. The fraction of sp³-hybridized carbons (Fsp3) is 0.864. The normalized spacial score (nSPS) is 53.6. The highest BCUT2D eigenvalue weighted by molar-refractivity contribution is 5.80. The van der Waals surface area contributed by atoms with E-state index in [0.29, 0.717) is 23.0 Å². The van der Waals surface area contributed by atoms with Crippen molar-refractivity contribution in [2.45, 2.75) is 78.7 Å². The van der Waals surface area contributed by atoms with Gasteiger partial charge in [0.1, 0.15) is 5.78 Å². The van der Waals surface area contributed by atoms with Crippen LogP contribution in [-0.4, -0.2) is 17.0 Å². The number of hydrogen-bond donors (Lipinski definition) is 1. The Morgan fingerprint density at radius 3 is 2.67 bits per heavy atom. The molecule has 2 heteroatoms. The third kappa shape index (κ3) is 2.14. The van der Waals surface area contributed by atoms with Crippen LogP contribution in [0.4, 0.5) is 0 Å². The number of carbonyl (C=O) groups excluding carboxylic acids is 1. The molecule has 0 unspecified atom stereocenters. The third-order valence-corrected chi connectivity index (χ3v) is 8.86. The molecule has 0 amide bonds. The van der Waals surface area contributed by atoms with Crippen LogP contribution in [0.3, 0.4) is 0 Å². The molecule has 0 aromatic rings. The first-order valence-corrected chi connectivity index (χ1v) is 10.2. The number of hydrogen-bond acceptors (Lipinski definition) is 2. The Labute approximate surface area is 147 Å². The van der Waals surface area contributed by atoms with Gasteiger partial charge < -0.3 is 5.11 Å². The van der Waals surface area contributed by atoms with Gasteiger partial charge >= 0.3 is 0 Å². The monoisotopic (exact) mass is 330 g/mol. The minimum absolute atomic E-state index is 0.122. The van der Waals surface area contributed by atoms with Gasteiger partial charge in [0.15, 0.2) is 0 Å². The fourth-order valence-corrected chi connectivity index (χ4v) is 7.87. The van der Waals surface area contributed by atoms with Gasteiger partial charge in [-0.15, -0.1) is 0 Å². The van der Waals surface area contributed by atoms with Gasteiger partial charge in [0.25, 0.3) is 0 Å². The third-order valence-electron chi connectivity index (χ3n) is 8.86. The van der Waals surface area contributed by atoms with E-state index in [4.69, 9.17) is 0 Å². The van der Waals surface area contributed by atoms with Gasteiger partial charge in [-0.05, 0) is 86.4 Å². The van der Waals surface area contributed by atoms with E-state index in [-0.39, 0.29) is 17.4 Å². The van der Waals surface area contributed by atoms with Crippen LogP contribution in [0.25, 0.3) is 0 Å².